The Hall–Kier alpha value is -1.14. The molecule has 2 unspecified atom stereocenters. The first-order valence-electron chi connectivity index (χ1n) is 5.16. The Balaban J connectivity index is 2.91. The van der Waals surface area contributed by atoms with Crippen LogP contribution in [0.25, 0.3) is 0 Å². The molecule has 0 amide bonds. The minimum atomic E-state index is -1.30. The monoisotopic (exact) mass is 232 g/mol. The summed E-state index contributed by atoms with van der Waals surface area (Å²) >= 11 is 0. The van der Waals surface area contributed by atoms with E-state index in [1.807, 2.05) is 13.8 Å². The zero-order valence-corrected chi connectivity index (χ0v) is 9.56. The number of hydrogen-bond donors (Lipinski definition) is 1. The Morgan fingerprint density at radius 1 is 1.25 bits per heavy atom. The van der Waals surface area contributed by atoms with Crippen molar-refractivity contribution in [3.63, 3.8) is 0 Å². The molecule has 1 aliphatic heterocycles. The van der Waals surface area contributed by atoms with Crippen LogP contribution in [0.4, 0.5) is 0 Å². The number of carbonyl (C=O) groups is 2. The minimum Gasteiger partial charge on any atom is -0.479 e. The molecule has 0 aromatic rings. The molecule has 1 aliphatic rings. The second kappa shape index (κ2) is 4.80. The van der Waals surface area contributed by atoms with Gasteiger partial charge < -0.3 is 19.3 Å². The topological polar surface area (TPSA) is 82.1 Å². The maximum atomic E-state index is 11.4. The number of carbonyl (C=O) groups excluding carboxylic acids is 1. The predicted octanol–water partition coefficient (Wildman–Crippen LogP) is 0.544. The van der Waals surface area contributed by atoms with E-state index in [4.69, 9.17) is 14.6 Å². The molecule has 16 heavy (non-hydrogen) atoms. The summed E-state index contributed by atoms with van der Waals surface area (Å²) in [5, 5.41) is 8.94. The van der Waals surface area contributed by atoms with E-state index >= 15 is 0 Å². The Bertz CT molecular complexity index is 283. The van der Waals surface area contributed by atoms with Crippen LogP contribution in [0.15, 0.2) is 0 Å². The van der Waals surface area contributed by atoms with Crippen molar-refractivity contribution >= 4 is 11.9 Å². The van der Waals surface area contributed by atoms with Crippen molar-refractivity contribution in [1.82, 2.24) is 0 Å². The fourth-order valence-corrected chi connectivity index (χ4v) is 1.67. The quantitative estimate of drug-likeness (QED) is 0.712. The van der Waals surface area contributed by atoms with Gasteiger partial charge in [-0.1, -0.05) is 13.8 Å². The van der Waals surface area contributed by atoms with Gasteiger partial charge in [-0.05, 0) is 12.8 Å². The Kier molecular flexibility index (Phi) is 3.88. The molecule has 2 atom stereocenters. The molecule has 1 heterocycles. The minimum absolute atomic E-state index is 0.473. The molecule has 92 valence electrons. The van der Waals surface area contributed by atoms with Gasteiger partial charge in [0.15, 0.2) is 18.0 Å². The standard InChI is InChI=1S/C10H16O6/c1-4-10(5-2)15-6(8(11)12)7(16-10)9(13)14-3/h6-7H,4-5H2,1-3H3,(H,11,12). The van der Waals surface area contributed by atoms with Crippen LogP contribution in [0.3, 0.4) is 0 Å². The van der Waals surface area contributed by atoms with Gasteiger partial charge in [-0.2, -0.15) is 0 Å². The number of hydrogen-bond acceptors (Lipinski definition) is 5. The van der Waals surface area contributed by atoms with Crippen molar-refractivity contribution in [2.75, 3.05) is 7.11 Å². The fourth-order valence-electron chi connectivity index (χ4n) is 1.67. The highest BCUT2D eigenvalue weighted by Gasteiger charge is 2.52. The first-order chi connectivity index (χ1) is 7.49. The Labute approximate surface area is 93.5 Å². The molecule has 0 aliphatic carbocycles. The van der Waals surface area contributed by atoms with Crippen LogP contribution in [0.1, 0.15) is 26.7 Å². The summed E-state index contributed by atoms with van der Waals surface area (Å²) in [6, 6.07) is 0. The molecule has 0 aromatic carbocycles. The summed E-state index contributed by atoms with van der Waals surface area (Å²) in [6.45, 7) is 3.62. The molecule has 6 heteroatoms. The summed E-state index contributed by atoms with van der Waals surface area (Å²) in [7, 11) is 1.18. The lowest BCUT2D eigenvalue weighted by Gasteiger charge is -2.24. The highest BCUT2D eigenvalue weighted by Crippen LogP contribution is 2.34. The fraction of sp³-hybridized carbons (Fsp3) is 0.800. The maximum absolute atomic E-state index is 11.4. The molecule has 1 rings (SSSR count). The molecule has 0 aromatic heterocycles. The van der Waals surface area contributed by atoms with E-state index < -0.39 is 29.9 Å². The van der Waals surface area contributed by atoms with Crippen molar-refractivity contribution in [2.24, 2.45) is 0 Å². The summed E-state index contributed by atoms with van der Waals surface area (Å²) in [5.74, 6) is -2.95. The average molecular weight is 232 g/mol. The zero-order valence-electron chi connectivity index (χ0n) is 9.56. The Morgan fingerprint density at radius 3 is 2.12 bits per heavy atom. The van der Waals surface area contributed by atoms with E-state index in [0.717, 1.165) is 0 Å². The lowest BCUT2D eigenvalue weighted by atomic mass is 10.1. The van der Waals surface area contributed by atoms with Gasteiger partial charge in [-0.3, -0.25) is 0 Å². The third kappa shape index (κ3) is 2.17. The van der Waals surface area contributed by atoms with Crippen molar-refractivity contribution < 1.29 is 28.9 Å². The predicted molar refractivity (Wildman–Crippen MR) is 52.7 cm³/mol. The first kappa shape index (κ1) is 12.9. The summed E-state index contributed by atoms with van der Waals surface area (Å²) in [4.78, 5) is 22.3. The van der Waals surface area contributed by atoms with E-state index in [0.29, 0.717) is 12.8 Å². The van der Waals surface area contributed by atoms with E-state index in [-0.39, 0.29) is 0 Å². The van der Waals surface area contributed by atoms with Crippen LogP contribution >= 0.6 is 0 Å². The summed E-state index contributed by atoms with van der Waals surface area (Å²) in [6.07, 6.45) is -1.54. The smallest absolute Gasteiger partial charge is 0.338 e. The number of carboxylic acids is 1. The third-order valence-corrected chi connectivity index (χ3v) is 2.71. The second-order valence-corrected chi connectivity index (χ2v) is 3.56. The number of aliphatic carboxylic acids is 1. The van der Waals surface area contributed by atoms with Crippen molar-refractivity contribution in [3.05, 3.63) is 0 Å². The lowest BCUT2D eigenvalue weighted by molar-refractivity contribution is -0.190. The third-order valence-electron chi connectivity index (χ3n) is 2.71. The molecule has 1 N–H and O–H groups in total. The van der Waals surface area contributed by atoms with Crippen LogP contribution < -0.4 is 0 Å². The normalized spacial score (nSPS) is 27.7. The molecular weight excluding hydrogens is 216 g/mol. The molecule has 0 saturated carbocycles. The van der Waals surface area contributed by atoms with Gasteiger partial charge in [-0.25, -0.2) is 9.59 Å². The Morgan fingerprint density at radius 2 is 1.75 bits per heavy atom. The van der Waals surface area contributed by atoms with Crippen LogP contribution in [0, 0.1) is 0 Å². The first-order valence-corrected chi connectivity index (χ1v) is 5.16. The number of esters is 1. The van der Waals surface area contributed by atoms with Gasteiger partial charge in [0.1, 0.15) is 0 Å². The number of carboxylic acid groups (broad SMARTS) is 1. The molecule has 1 fully saturated rings. The van der Waals surface area contributed by atoms with Gasteiger partial charge in [0, 0.05) is 0 Å². The van der Waals surface area contributed by atoms with Crippen molar-refractivity contribution in [3.8, 4) is 0 Å². The average Bonchev–Trinajstić information content (AvgIpc) is 2.69. The van der Waals surface area contributed by atoms with E-state index in [1.165, 1.54) is 7.11 Å². The van der Waals surface area contributed by atoms with E-state index in [9.17, 15) is 9.59 Å². The van der Waals surface area contributed by atoms with E-state index in [2.05, 4.69) is 4.74 Å². The molecule has 0 spiro atoms. The zero-order chi connectivity index (χ0) is 12.3. The van der Waals surface area contributed by atoms with Crippen LogP contribution in [0.2, 0.25) is 0 Å². The van der Waals surface area contributed by atoms with Crippen molar-refractivity contribution in [2.45, 2.75) is 44.7 Å². The molecule has 0 radical (unpaired) electrons. The molecular formula is C10H16O6. The molecule has 0 bridgehead atoms. The van der Waals surface area contributed by atoms with Gasteiger partial charge in [0.25, 0.3) is 0 Å². The van der Waals surface area contributed by atoms with Crippen molar-refractivity contribution in [1.29, 1.82) is 0 Å². The maximum Gasteiger partial charge on any atom is 0.338 e. The highest BCUT2D eigenvalue weighted by atomic mass is 16.8. The SMILES string of the molecule is CCC1(CC)OC(C(=O)O)C(C(=O)OC)O1. The summed E-state index contributed by atoms with van der Waals surface area (Å²) in [5.41, 5.74) is 0. The van der Waals surface area contributed by atoms with Gasteiger partial charge in [-0.15, -0.1) is 0 Å². The number of rotatable bonds is 4. The largest absolute Gasteiger partial charge is 0.479 e. The second-order valence-electron chi connectivity index (χ2n) is 3.56. The van der Waals surface area contributed by atoms with Crippen LogP contribution in [-0.4, -0.2) is 42.1 Å². The van der Waals surface area contributed by atoms with Gasteiger partial charge in [0.2, 0.25) is 0 Å². The number of ether oxygens (including phenoxy) is 3. The van der Waals surface area contributed by atoms with Gasteiger partial charge >= 0.3 is 11.9 Å². The van der Waals surface area contributed by atoms with Crippen LogP contribution in [0.5, 0.6) is 0 Å². The molecule has 1 saturated heterocycles. The van der Waals surface area contributed by atoms with Gasteiger partial charge in [0.05, 0.1) is 7.11 Å². The molecule has 6 nitrogen and oxygen atoms in total. The lowest BCUT2D eigenvalue weighted by Crippen LogP contribution is -2.37. The van der Waals surface area contributed by atoms with E-state index in [1.54, 1.807) is 0 Å². The van der Waals surface area contributed by atoms with Crippen LogP contribution in [-0.2, 0) is 23.8 Å². The highest BCUT2D eigenvalue weighted by molar-refractivity contribution is 5.85. The summed E-state index contributed by atoms with van der Waals surface area (Å²) < 4.78 is 15.2. The number of methoxy groups -OCH3 is 1.